The lowest BCUT2D eigenvalue weighted by Gasteiger charge is -2.30. The molecule has 2 rings (SSSR count). The molecule has 0 radical (unpaired) electrons. The van der Waals surface area contributed by atoms with Crippen LogP contribution >= 0.6 is 0 Å². The summed E-state index contributed by atoms with van der Waals surface area (Å²) in [6.07, 6.45) is 2.48. The summed E-state index contributed by atoms with van der Waals surface area (Å²) < 4.78 is 5.26. The van der Waals surface area contributed by atoms with Crippen LogP contribution in [0.3, 0.4) is 0 Å². The largest absolute Gasteiger partial charge is 0.378 e. The van der Waals surface area contributed by atoms with E-state index in [1.807, 2.05) is 44.2 Å². The average Bonchev–Trinajstić information content (AvgIpc) is 2.71. The fourth-order valence-corrected chi connectivity index (χ4v) is 3.13. The lowest BCUT2D eigenvalue weighted by molar-refractivity contribution is -0.126. The molecule has 0 aliphatic carbocycles. The van der Waals surface area contributed by atoms with Gasteiger partial charge in [-0.1, -0.05) is 44.2 Å². The number of aryl methyl sites for hydroxylation is 1. The Bertz CT molecular complexity index is 630. The van der Waals surface area contributed by atoms with Gasteiger partial charge in [-0.2, -0.15) is 0 Å². The fraction of sp³-hybridized carbons (Fsp3) is 0.571. The molecule has 28 heavy (non-hydrogen) atoms. The van der Waals surface area contributed by atoms with Gasteiger partial charge in [-0.05, 0) is 30.7 Å². The quantitative estimate of drug-likeness (QED) is 0.630. The summed E-state index contributed by atoms with van der Waals surface area (Å²) in [6.45, 7) is 6.01. The fourth-order valence-electron chi connectivity index (χ4n) is 3.13. The van der Waals surface area contributed by atoms with Crippen LogP contribution in [0.2, 0.25) is 0 Å². The molecule has 3 amide bonds. The van der Waals surface area contributed by atoms with Gasteiger partial charge in [-0.25, -0.2) is 4.79 Å². The van der Waals surface area contributed by atoms with Gasteiger partial charge in [-0.15, -0.1) is 0 Å². The van der Waals surface area contributed by atoms with Crippen LogP contribution in [-0.2, 0) is 20.7 Å². The maximum atomic E-state index is 12.7. The molecule has 154 valence electrons. The molecule has 0 spiro atoms. The standard InChI is InChI=1S/C21H31N3O4/c1-16(2)14-19(23-21(27)24-10-12-28-13-11-24)20(26)22-18(15-25)9-8-17-6-4-3-5-7-17/h3-7,15-16,18-19H,8-14H2,1-2H3,(H,22,26)(H,23,27)/t18-,19?/m0/s1. The molecule has 2 N–H and O–H groups in total. The van der Waals surface area contributed by atoms with E-state index in [4.69, 9.17) is 4.74 Å². The Hall–Kier alpha value is -2.41. The number of hydrogen-bond acceptors (Lipinski definition) is 4. The zero-order valence-corrected chi connectivity index (χ0v) is 16.7. The number of urea groups is 1. The summed E-state index contributed by atoms with van der Waals surface area (Å²) in [5, 5.41) is 5.61. The number of amides is 3. The Kier molecular flexibility index (Phi) is 8.94. The molecule has 1 unspecified atom stereocenters. The number of ether oxygens (including phenoxy) is 1. The second kappa shape index (κ2) is 11.4. The van der Waals surface area contributed by atoms with E-state index in [1.165, 1.54) is 0 Å². The van der Waals surface area contributed by atoms with E-state index in [2.05, 4.69) is 10.6 Å². The molecule has 1 fully saturated rings. The zero-order valence-electron chi connectivity index (χ0n) is 16.7. The number of hydrogen-bond donors (Lipinski definition) is 2. The van der Waals surface area contributed by atoms with Gasteiger partial charge in [0.1, 0.15) is 12.3 Å². The molecule has 1 aliphatic heterocycles. The van der Waals surface area contributed by atoms with Gasteiger partial charge in [0, 0.05) is 13.1 Å². The maximum absolute atomic E-state index is 12.7. The van der Waals surface area contributed by atoms with Crippen LogP contribution < -0.4 is 10.6 Å². The van der Waals surface area contributed by atoms with Crippen LogP contribution in [0.1, 0.15) is 32.3 Å². The highest BCUT2D eigenvalue weighted by Crippen LogP contribution is 2.09. The molecule has 7 nitrogen and oxygen atoms in total. The summed E-state index contributed by atoms with van der Waals surface area (Å²) >= 11 is 0. The van der Waals surface area contributed by atoms with E-state index in [9.17, 15) is 14.4 Å². The van der Waals surface area contributed by atoms with E-state index in [0.717, 1.165) is 11.8 Å². The molecule has 1 aromatic carbocycles. The molecule has 7 heteroatoms. The summed E-state index contributed by atoms with van der Waals surface area (Å²) in [4.78, 5) is 38.3. The predicted octanol–water partition coefficient (Wildman–Crippen LogP) is 1.76. The van der Waals surface area contributed by atoms with Crippen LogP contribution in [0.5, 0.6) is 0 Å². The number of rotatable bonds is 9. The highest BCUT2D eigenvalue weighted by atomic mass is 16.5. The predicted molar refractivity (Wildman–Crippen MR) is 107 cm³/mol. The number of carbonyl (C=O) groups is 3. The summed E-state index contributed by atoms with van der Waals surface area (Å²) in [7, 11) is 0. The topological polar surface area (TPSA) is 87.7 Å². The minimum Gasteiger partial charge on any atom is -0.378 e. The second-order valence-corrected chi connectivity index (χ2v) is 7.51. The van der Waals surface area contributed by atoms with E-state index >= 15 is 0 Å². The first-order valence-corrected chi connectivity index (χ1v) is 9.92. The molecular weight excluding hydrogens is 358 g/mol. The summed E-state index contributed by atoms with van der Waals surface area (Å²) in [6, 6.07) is 8.30. The van der Waals surface area contributed by atoms with Gasteiger partial charge in [0.05, 0.1) is 19.3 Å². The van der Waals surface area contributed by atoms with Crippen LogP contribution in [0.15, 0.2) is 30.3 Å². The molecule has 0 aromatic heterocycles. The number of benzene rings is 1. The molecule has 1 saturated heterocycles. The van der Waals surface area contributed by atoms with Crippen molar-refractivity contribution in [2.75, 3.05) is 26.3 Å². The Morgan fingerprint density at radius 2 is 1.82 bits per heavy atom. The van der Waals surface area contributed by atoms with Crippen molar-refractivity contribution in [2.24, 2.45) is 5.92 Å². The third-order valence-corrected chi connectivity index (χ3v) is 4.70. The molecule has 1 aliphatic rings. The number of carbonyl (C=O) groups excluding carboxylic acids is 3. The smallest absolute Gasteiger partial charge is 0.318 e. The minimum atomic E-state index is -0.672. The SMILES string of the molecule is CC(C)CC(NC(=O)N1CCOCC1)C(=O)N[C@H](C=O)CCc1ccccc1. The van der Waals surface area contributed by atoms with Crippen molar-refractivity contribution < 1.29 is 19.1 Å². The van der Waals surface area contributed by atoms with Crippen LogP contribution in [0, 0.1) is 5.92 Å². The lowest BCUT2D eigenvalue weighted by atomic mass is 10.0. The van der Waals surface area contributed by atoms with E-state index in [0.29, 0.717) is 45.6 Å². The van der Waals surface area contributed by atoms with Crippen molar-refractivity contribution in [3.8, 4) is 0 Å². The van der Waals surface area contributed by atoms with Gasteiger partial charge in [-0.3, -0.25) is 4.79 Å². The van der Waals surface area contributed by atoms with Crippen molar-refractivity contribution >= 4 is 18.2 Å². The molecule has 2 atom stereocenters. The Morgan fingerprint density at radius 3 is 2.43 bits per heavy atom. The average molecular weight is 389 g/mol. The van der Waals surface area contributed by atoms with Crippen molar-refractivity contribution in [1.82, 2.24) is 15.5 Å². The maximum Gasteiger partial charge on any atom is 0.318 e. The third kappa shape index (κ3) is 7.31. The summed E-state index contributed by atoms with van der Waals surface area (Å²) in [5.41, 5.74) is 1.11. The van der Waals surface area contributed by atoms with Gasteiger partial charge >= 0.3 is 6.03 Å². The van der Waals surface area contributed by atoms with Crippen LogP contribution in [-0.4, -0.2) is 61.5 Å². The molecule has 0 saturated carbocycles. The Balaban J connectivity index is 1.92. The van der Waals surface area contributed by atoms with Crippen LogP contribution in [0.4, 0.5) is 4.79 Å². The van der Waals surface area contributed by atoms with E-state index in [1.54, 1.807) is 4.90 Å². The first kappa shape index (κ1) is 21.9. The number of morpholine rings is 1. The highest BCUT2D eigenvalue weighted by Gasteiger charge is 2.26. The number of aldehydes is 1. The first-order chi connectivity index (χ1) is 13.5. The molecule has 1 aromatic rings. The monoisotopic (exact) mass is 389 g/mol. The molecule has 1 heterocycles. The normalized spacial score (nSPS) is 16.3. The number of nitrogens with one attached hydrogen (secondary N) is 2. The van der Waals surface area contributed by atoms with Gasteiger partial charge in [0.25, 0.3) is 0 Å². The van der Waals surface area contributed by atoms with Gasteiger partial charge in [0.2, 0.25) is 5.91 Å². The number of nitrogens with zero attached hydrogens (tertiary/aromatic N) is 1. The van der Waals surface area contributed by atoms with Crippen molar-refractivity contribution in [1.29, 1.82) is 0 Å². The second-order valence-electron chi connectivity index (χ2n) is 7.51. The Morgan fingerprint density at radius 1 is 1.14 bits per heavy atom. The van der Waals surface area contributed by atoms with Gasteiger partial charge < -0.3 is 25.1 Å². The minimum absolute atomic E-state index is 0.222. The molecular formula is C21H31N3O4. The third-order valence-electron chi connectivity index (χ3n) is 4.70. The van der Waals surface area contributed by atoms with Crippen molar-refractivity contribution in [3.63, 3.8) is 0 Å². The lowest BCUT2D eigenvalue weighted by Crippen LogP contribution is -2.55. The highest BCUT2D eigenvalue weighted by molar-refractivity contribution is 5.88. The van der Waals surface area contributed by atoms with E-state index in [-0.39, 0.29) is 17.9 Å². The Labute approximate surface area is 166 Å². The van der Waals surface area contributed by atoms with Crippen molar-refractivity contribution in [3.05, 3.63) is 35.9 Å². The first-order valence-electron chi connectivity index (χ1n) is 9.92. The summed E-state index contributed by atoms with van der Waals surface area (Å²) in [5.74, 6) is -0.0970. The van der Waals surface area contributed by atoms with E-state index < -0.39 is 12.1 Å². The van der Waals surface area contributed by atoms with Crippen molar-refractivity contribution in [2.45, 2.75) is 45.2 Å². The molecule has 0 bridgehead atoms. The zero-order chi connectivity index (χ0) is 20.4. The van der Waals surface area contributed by atoms with Gasteiger partial charge in [0.15, 0.2) is 0 Å². The van der Waals surface area contributed by atoms with Crippen LogP contribution in [0.25, 0.3) is 0 Å².